The molecule has 0 fully saturated rings. The van der Waals surface area contributed by atoms with Gasteiger partial charge in [-0.2, -0.15) is 0 Å². The number of hydrogen-bond donors (Lipinski definition) is 1. The van der Waals surface area contributed by atoms with Crippen LogP contribution in [0.2, 0.25) is 10.0 Å². The maximum Gasteiger partial charge on any atom is 0.253 e. The molecule has 2 aromatic rings. The van der Waals surface area contributed by atoms with Gasteiger partial charge in [-0.25, -0.2) is 0 Å². The van der Waals surface area contributed by atoms with E-state index in [0.29, 0.717) is 22.2 Å². The summed E-state index contributed by atoms with van der Waals surface area (Å²) in [4.78, 5) is 12.0. The topological polar surface area (TPSA) is 29.1 Å². The summed E-state index contributed by atoms with van der Waals surface area (Å²) in [6, 6.07) is 12.7. The van der Waals surface area contributed by atoms with Crippen molar-refractivity contribution in [2.24, 2.45) is 0 Å². The van der Waals surface area contributed by atoms with Crippen LogP contribution < -0.4 is 5.32 Å². The fourth-order valence-electron chi connectivity index (χ4n) is 1.68. The highest BCUT2D eigenvalue weighted by Crippen LogP contribution is 2.17. The second kappa shape index (κ2) is 6.09. The Labute approximate surface area is 122 Å². The second-order valence-electron chi connectivity index (χ2n) is 4.29. The van der Waals surface area contributed by atoms with Crippen molar-refractivity contribution in [2.45, 2.75) is 13.5 Å². The Morgan fingerprint density at radius 2 is 1.79 bits per heavy atom. The molecular formula is C15H13Cl2NO. The Hall–Kier alpha value is -1.51. The van der Waals surface area contributed by atoms with E-state index < -0.39 is 0 Å². The van der Waals surface area contributed by atoms with Crippen LogP contribution in [-0.4, -0.2) is 5.91 Å². The monoisotopic (exact) mass is 293 g/mol. The van der Waals surface area contributed by atoms with Crippen molar-refractivity contribution in [1.82, 2.24) is 5.32 Å². The van der Waals surface area contributed by atoms with Gasteiger partial charge in [0.15, 0.2) is 0 Å². The molecule has 0 aliphatic carbocycles. The highest BCUT2D eigenvalue weighted by Gasteiger charge is 2.09. The molecule has 1 amide bonds. The first kappa shape index (κ1) is 13.9. The fraction of sp³-hybridized carbons (Fsp3) is 0.133. The molecular weight excluding hydrogens is 281 g/mol. The molecule has 0 radical (unpaired) electrons. The van der Waals surface area contributed by atoms with Gasteiger partial charge in [0.05, 0.1) is 10.6 Å². The van der Waals surface area contributed by atoms with Crippen molar-refractivity contribution >= 4 is 29.1 Å². The van der Waals surface area contributed by atoms with Crippen LogP contribution in [0.4, 0.5) is 0 Å². The minimum absolute atomic E-state index is 0.181. The lowest BCUT2D eigenvalue weighted by molar-refractivity contribution is 0.0951. The Morgan fingerprint density at radius 3 is 2.42 bits per heavy atom. The number of benzene rings is 2. The summed E-state index contributed by atoms with van der Waals surface area (Å²) in [5, 5.41) is 3.97. The van der Waals surface area contributed by atoms with Crippen molar-refractivity contribution < 1.29 is 4.79 Å². The predicted molar refractivity (Wildman–Crippen MR) is 78.8 cm³/mol. The van der Waals surface area contributed by atoms with Gasteiger partial charge in [0.2, 0.25) is 0 Å². The molecule has 0 aliphatic heterocycles. The molecule has 2 aromatic carbocycles. The molecule has 0 heterocycles. The summed E-state index contributed by atoms with van der Waals surface area (Å²) in [7, 11) is 0. The van der Waals surface area contributed by atoms with Crippen LogP contribution in [0.3, 0.4) is 0 Å². The van der Waals surface area contributed by atoms with Crippen LogP contribution in [-0.2, 0) is 6.54 Å². The molecule has 0 spiro atoms. The average Bonchev–Trinajstić information content (AvgIpc) is 2.37. The van der Waals surface area contributed by atoms with Gasteiger partial charge in [-0.3, -0.25) is 4.79 Å². The molecule has 1 N–H and O–H groups in total. The summed E-state index contributed by atoms with van der Waals surface area (Å²) >= 11 is 11.8. The van der Waals surface area contributed by atoms with Crippen LogP contribution in [0.1, 0.15) is 21.5 Å². The molecule has 0 aromatic heterocycles. The first-order chi connectivity index (χ1) is 9.06. The Bertz CT molecular complexity index is 594. The molecule has 0 saturated heterocycles. The standard InChI is InChI=1S/C15H13Cl2NO/c1-10-2-7-13(14(17)8-10)15(19)18-9-11-3-5-12(16)6-4-11/h2-8H,9H2,1H3,(H,18,19). The fourth-order valence-corrected chi connectivity index (χ4v) is 2.13. The molecule has 0 atom stereocenters. The maximum absolute atomic E-state index is 12.0. The predicted octanol–water partition coefficient (Wildman–Crippen LogP) is 4.23. The summed E-state index contributed by atoms with van der Waals surface area (Å²) in [6.45, 7) is 2.38. The minimum Gasteiger partial charge on any atom is -0.348 e. The van der Waals surface area contributed by atoms with E-state index in [9.17, 15) is 4.79 Å². The number of nitrogens with one attached hydrogen (secondary N) is 1. The van der Waals surface area contributed by atoms with Crippen LogP contribution in [0, 0.1) is 6.92 Å². The van der Waals surface area contributed by atoms with E-state index in [1.807, 2.05) is 25.1 Å². The third kappa shape index (κ3) is 3.72. The SMILES string of the molecule is Cc1ccc(C(=O)NCc2ccc(Cl)cc2)c(Cl)c1. The van der Waals surface area contributed by atoms with E-state index in [-0.39, 0.29) is 5.91 Å². The van der Waals surface area contributed by atoms with Crippen LogP contribution in [0.25, 0.3) is 0 Å². The minimum atomic E-state index is -0.181. The maximum atomic E-state index is 12.0. The Balaban J connectivity index is 2.03. The van der Waals surface area contributed by atoms with Crippen molar-refractivity contribution in [3.63, 3.8) is 0 Å². The third-order valence-corrected chi connectivity index (χ3v) is 3.30. The summed E-state index contributed by atoms with van der Waals surface area (Å²) in [6.07, 6.45) is 0. The average molecular weight is 294 g/mol. The molecule has 0 unspecified atom stereocenters. The summed E-state index contributed by atoms with van der Waals surface area (Å²) in [5.41, 5.74) is 2.50. The first-order valence-electron chi connectivity index (χ1n) is 5.85. The number of amides is 1. The lowest BCUT2D eigenvalue weighted by atomic mass is 10.1. The Morgan fingerprint density at radius 1 is 1.11 bits per heavy atom. The third-order valence-electron chi connectivity index (χ3n) is 2.74. The van der Waals surface area contributed by atoms with Crippen molar-refractivity contribution in [2.75, 3.05) is 0 Å². The number of aryl methyl sites for hydroxylation is 1. The zero-order valence-corrected chi connectivity index (χ0v) is 11.9. The number of halogens is 2. The van der Waals surface area contributed by atoms with Gasteiger partial charge in [-0.15, -0.1) is 0 Å². The number of carbonyl (C=O) groups excluding carboxylic acids is 1. The van der Waals surface area contributed by atoms with E-state index in [1.54, 1.807) is 24.3 Å². The van der Waals surface area contributed by atoms with Gasteiger partial charge in [-0.05, 0) is 42.3 Å². The molecule has 4 heteroatoms. The highest BCUT2D eigenvalue weighted by molar-refractivity contribution is 6.33. The normalized spacial score (nSPS) is 10.3. The highest BCUT2D eigenvalue weighted by atomic mass is 35.5. The summed E-state index contributed by atoms with van der Waals surface area (Å²) < 4.78 is 0. The van der Waals surface area contributed by atoms with Crippen LogP contribution >= 0.6 is 23.2 Å². The largest absolute Gasteiger partial charge is 0.348 e. The van der Waals surface area contributed by atoms with E-state index in [4.69, 9.17) is 23.2 Å². The number of carbonyl (C=O) groups is 1. The molecule has 2 rings (SSSR count). The number of hydrogen-bond acceptors (Lipinski definition) is 1. The molecule has 0 saturated carbocycles. The molecule has 2 nitrogen and oxygen atoms in total. The van der Waals surface area contributed by atoms with Gasteiger partial charge in [-0.1, -0.05) is 41.4 Å². The molecule has 19 heavy (non-hydrogen) atoms. The van der Waals surface area contributed by atoms with Gasteiger partial charge in [0.1, 0.15) is 0 Å². The van der Waals surface area contributed by atoms with Gasteiger partial charge < -0.3 is 5.32 Å². The molecule has 0 bridgehead atoms. The van der Waals surface area contributed by atoms with E-state index in [2.05, 4.69) is 5.32 Å². The van der Waals surface area contributed by atoms with Crippen molar-refractivity contribution in [1.29, 1.82) is 0 Å². The summed E-state index contributed by atoms with van der Waals surface area (Å²) in [5.74, 6) is -0.181. The van der Waals surface area contributed by atoms with Crippen LogP contribution in [0.5, 0.6) is 0 Å². The van der Waals surface area contributed by atoms with E-state index >= 15 is 0 Å². The number of rotatable bonds is 3. The zero-order valence-electron chi connectivity index (χ0n) is 10.4. The lowest BCUT2D eigenvalue weighted by Crippen LogP contribution is -2.23. The van der Waals surface area contributed by atoms with Crippen molar-refractivity contribution in [3.05, 3.63) is 69.2 Å². The smallest absolute Gasteiger partial charge is 0.253 e. The lowest BCUT2D eigenvalue weighted by Gasteiger charge is -2.07. The van der Waals surface area contributed by atoms with Gasteiger partial charge in [0.25, 0.3) is 5.91 Å². The van der Waals surface area contributed by atoms with Crippen LogP contribution in [0.15, 0.2) is 42.5 Å². The van der Waals surface area contributed by atoms with E-state index in [0.717, 1.165) is 11.1 Å². The molecule has 0 aliphatic rings. The van der Waals surface area contributed by atoms with Gasteiger partial charge in [0, 0.05) is 11.6 Å². The molecule has 98 valence electrons. The second-order valence-corrected chi connectivity index (χ2v) is 5.14. The first-order valence-corrected chi connectivity index (χ1v) is 6.60. The zero-order chi connectivity index (χ0) is 13.8. The Kier molecular flexibility index (Phi) is 4.46. The van der Waals surface area contributed by atoms with Gasteiger partial charge >= 0.3 is 0 Å². The van der Waals surface area contributed by atoms with Crippen molar-refractivity contribution in [3.8, 4) is 0 Å². The quantitative estimate of drug-likeness (QED) is 0.901. The van der Waals surface area contributed by atoms with E-state index in [1.165, 1.54) is 0 Å².